The van der Waals surface area contributed by atoms with Gasteiger partial charge >= 0.3 is 0 Å². The minimum Gasteiger partial charge on any atom is -0.376 e. The second-order valence-corrected chi connectivity index (χ2v) is 17.7. The predicted octanol–water partition coefficient (Wildman–Crippen LogP) is 2.17. The van der Waals surface area contributed by atoms with E-state index in [4.69, 9.17) is 5.73 Å². The number of nitrogens with one attached hydrogen (secondary N) is 5. The number of hydrogen-bond donors (Lipinski definition) is 7. The zero-order chi connectivity index (χ0) is 35.6. The molecule has 0 aliphatic heterocycles. The number of aliphatic hydroxyl groups is 1. The van der Waals surface area contributed by atoms with Crippen molar-refractivity contribution in [2.24, 2.45) is 11.7 Å². The van der Waals surface area contributed by atoms with Crippen LogP contribution in [0.2, 0.25) is 17.1 Å². The van der Waals surface area contributed by atoms with E-state index in [2.05, 4.69) is 26.6 Å². The molecular formula is C33H57FN6O6Si. The van der Waals surface area contributed by atoms with E-state index in [1.54, 1.807) is 0 Å². The van der Waals surface area contributed by atoms with E-state index in [0.29, 0.717) is 25.4 Å². The summed E-state index contributed by atoms with van der Waals surface area (Å²) in [7, 11) is -2.87. The van der Waals surface area contributed by atoms with Crippen LogP contribution in [-0.2, 0) is 30.4 Å². The highest BCUT2D eigenvalue weighted by atomic mass is 28.4. The maximum absolute atomic E-state index is 15.3. The monoisotopic (exact) mass is 680 g/mol. The summed E-state index contributed by atoms with van der Waals surface area (Å²) in [5.74, 6) is -2.36. The molecule has 3 atom stereocenters. The molecule has 0 bridgehead atoms. The quantitative estimate of drug-likeness (QED) is 0.0399. The highest BCUT2D eigenvalue weighted by Gasteiger charge is 2.40. The highest BCUT2D eigenvalue weighted by Crippen LogP contribution is 2.37. The minimum absolute atomic E-state index is 0.0267. The van der Waals surface area contributed by atoms with Gasteiger partial charge in [0.05, 0.1) is 12.6 Å². The molecule has 266 valence electrons. The smallest absolute Gasteiger partial charge is 0.252 e. The second kappa shape index (κ2) is 21.5. The Kier molecular flexibility index (Phi) is 19.1. The largest absolute Gasteiger partial charge is 0.376 e. The standard InChI is InChI=1S/C33H57FN6O6Si/c1-22(2)31(40-29(43)15-10-14-28(42)36-17-11-19-47(34,23(3)4)24(5)6)33(46)37-18-16-30(44)39-26(32(45)38-21-27(35)41)20-25-12-8-7-9-13-25/h7-9,12-13,22-24,26,31,33,37,46H,10-11,14-21H2,1-6H3,(H2,35,41)(H,36,42)(H,38,45)(H,39,44)(H,40,43)/t26-,31-,33?/m0/s1. The third kappa shape index (κ3) is 16.3. The SMILES string of the molecule is CC(C)[C@H](NC(=O)CCCC(=O)NCCC[Si](F)(C(C)C)C(C)C)C(O)NCCC(=O)N[C@@H](Cc1ccccc1)C(=O)NCC(N)=O. The topological polar surface area (TPSA) is 192 Å². The molecule has 14 heteroatoms. The van der Waals surface area contributed by atoms with Gasteiger partial charge in [0, 0.05) is 38.8 Å². The molecule has 0 aliphatic rings. The molecule has 0 heterocycles. The van der Waals surface area contributed by atoms with Gasteiger partial charge in [-0.3, -0.25) is 29.3 Å². The van der Waals surface area contributed by atoms with Gasteiger partial charge in [0.25, 0.3) is 8.41 Å². The van der Waals surface area contributed by atoms with Crippen molar-refractivity contribution in [1.29, 1.82) is 0 Å². The molecule has 0 saturated heterocycles. The Labute approximate surface area is 280 Å². The Bertz CT molecular complexity index is 1130. The van der Waals surface area contributed by atoms with Crippen molar-refractivity contribution in [2.75, 3.05) is 19.6 Å². The number of hydrogen-bond acceptors (Lipinski definition) is 7. The van der Waals surface area contributed by atoms with E-state index in [1.807, 2.05) is 71.9 Å². The summed E-state index contributed by atoms with van der Waals surface area (Å²) in [6.07, 6.45) is 0.146. The van der Waals surface area contributed by atoms with E-state index >= 15 is 4.11 Å². The zero-order valence-corrected chi connectivity index (χ0v) is 29.9. The van der Waals surface area contributed by atoms with Gasteiger partial charge in [-0.25, -0.2) is 0 Å². The second-order valence-electron chi connectivity index (χ2n) is 13.0. The van der Waals surface area contributed by atoms with Crippen LogP contribution in [-0.4, -0.2) is 81.0 Å². The Hall–Kier alpha value is -3.36. The fourth-order valence-electron chi connectivity index (χ4n) is 5.28. The lowest BCUT2D eigenvalue weighted by atomic mass is 10.0. The van der Waals surface area contributed by atoms with Crippen molar-refractivity contribution in [3.63, 3.8) is 0 Å². The molecule has 0 saturated carbocycles. The van der Waals surface area contributed by atoms with Gasteiger partial charge in [-0.15, -0.1) is 0 Å². The molecular weight excluding hydrogens is 623 g/mol. The van der Waals surface area contributed by atoms with E-state index in [9.17, 15) is 29.1 Å². The molecule has 0 aliphatic carbocycles. The molecule has 8 N–H and O–H groups in total. The summed E-state index contributed by atoms with van der Waals surface area (Å²) in [5.41, 5.74) is 5.99. The number of amides is 5. The van der Waals surface area contributed by atoms with Crippen LogP contribution in [0.1, 0.15) is 79.2 Å². The molecule has 0 fully saturated rings. The summed E-state index contributed by atoms with van der Waals surface area (Å²) >= 11 is 0. The number of benzene rings is 1. The van der Waals surface area contributed by atoms with Crippen LogP contribution in [0.3, 0.4) is 0 Å². The van der Waals surface area contributed by atoms with Crippen molar-refractivity contribution in [1.82, 2.24) is 26.6 Å². The molecule has 1 aromatic carbocycles. The lowest BCUT2D eigenvalue weighted by Crippen LogP contribution is -2.53. The number of rotatable bonds is 23. The zero-order valence-electron chi connectivity index (χ0n) is 28.9. The average Bonchev–Trinajstić information content (AvgIpc) is 3.00. The lowest BCUT2D eigenvalue weighted by Gasteiger charge is -2.30. The third-order valence-electron chi connectivity index (χ3n) is 8.25. The number of primary amides is 1. The van der Waals surface area contributed by atoms with E-state index in [1.165, 1.54) is 0 Å². The third-order valence-corrected chi connectivity index (χ3v) is 13.2. The fourth-order valence-corrected chi connectivity index (χ4v) is 8.49. The van der Waals surface area contributed by atoms with Gasteiger partial charge in [-0.2, -0.15) is 0 Å². The first-order valence-electron chi connectivity index (χ1n) is 16.6. The van der Waals surface area contributed by atoms with Crippen molar-refractivity contribution in [3.05, 3.63) is 35.9 Å². The summed E-state index contributed by atoms with van der Waals surface area (Å²) in [6, 6.07) is 7.99. The van der Waals surface area contributed by atoms with Crippen LogP contribution in [0.5, 0.6) is 0 Å². The number of carbonyl (C=O) groups excluding carboxylic acids is 5. The summed E-state index contributed by atoms with van der Waals surface area (Å²) in [6.45, 7) is 11.5. The van der Waals surface area contributed by atoms with Crippen LogP contribution in [0.4, 0.5) is 4.11 Å². The molecule has 1 rings (SSSR count). The Balaban J connectivity index is 2.49. The van der Waals surface area contributed by atoms with Crippen molar-refractivity contribution >= 4 is 37.9 Å². The van der Waals surface area contributed by atoms with E-state index in [-0.39, 0.29) is 67.6 Å². The number of halogens is 1. The minimum atomic E-state index is -2.87. The van der Waals surface area contributed by atoms with E-state index in [0.717, 1.165) is 5.56 Å². The molecule has 1 aromatic rings. The summed E-state index contributed by atoms with van der Waals surface area (Å²) in [5, 5.41) is 24.3. The van der Waals surface area contributed by atoms with Gasteiger partial charge in [-0.05, 0) is 41.4 Å². The maximum Gasteiger partial charge on any atom is 0.252 e. The summed E-state index contributed by atoms with van der Waals surface area (Å²) in [4.78, 5) is 61.2. The lowest BCUT2D eigenvalue weighted by molar-refractivity contribution is -0.130. The number of nitrogens with two attached hydrogens (primary N) is 1. The fraction of sp³-hybridized carbons (Fsp3) is 0.667. The van der Waals surface area contributed by atoms with Gasteiger partial charge in [0.2, 0.25) is 29.5 Å². The Morgan fingerprint density at radius 1 is 0.809 bits per heavy atom. The first-order valence-corrected chi connectivity index (χ1v) is 18.9. The van der Waals surface area contributed by atoms with Crippen LogP contribution in [0.25, 0.3) is 0 Å². The normalized spacial score (nSPS) is 13.6. The van der Waals surface area contributed by atoms with Crippen molar-refractivity contribution in [2.45, 2.75) is 116 Å². The first kappa shape index (κ1) is 41.7. The van der Waals surface area contributed by atoms with Gasteiger partial charge in [-0.1, -0.05) is 71.9 Å². The van der Waals surface area contributed by atoms with Crippen LogP contribution in [0.15, 0.2) is 30.3 Å². The van der Waals surface area contributed by atoms with Gasteiger partial charge in [0.15, 0.2) is 0 Å². The van der Waals surface area contributed by atoms with Crippen LogP contribution >= 0.6 is 0 Å². The predicted molar refractivity (Wildman–Crippen MR) is 183 cm³/mol. The molecule has 1 unspecified atom stereocenters. The molecule has 47 heavy (non-hydrogen) atoms. The number of aliphatic hydroxyl groups excluding tert-OH is 1. The Morgan fingerprint density at radius 3 is 1.98 bits per heavy atom. The molecule has 5 amide bonds. The van der Waals surface area contributed by atoms with E-state index < -0.39 is 44.4 Å². The van der Waals surface area contributed by atoms with Crippen molar-refractivity contribution in [3.8, 4) is 0 Å². The highest BCUT2D eigenvalue weighted by molar-refractivity contribution is 6.75. The maximum atomic E-state index is 15.3. The number of carbonyl (C=O) groups is 5. The first-order chi connectivity index (χ1) is 22.1. The van der Waals surface area contributed by atoms with Crippen molar-refractivity contribution < 1.29 is 33.2 Å². The average molecular weight is 681 g/mol. The molecule has 0 aromatic heterocycles. The van der Waals surface area contributed by atoms with Crippen LogP contribution in [0, 0.1) is 5.92 Å². The van der Waals surface area contributed by atoms with Crippen LogP contribution < -0.4 is 32.3 Å². The molecule has 0 spiro atoms. The molecule has 0 radical (unpaired) electrons. The summed E-state index contributed by atoms with van der Waals surface area (Å²) < 4.78 is 15.3. The molecule has 12 nitrogen and oxygen atoms in total. The Morgan fingerprint density at radius 2 is 1.40 bits per heavy atom. The van der Waals surface area contributed by atoms with Gasteiger partial charge in [0.1, 0.15) is 12.3 Å². The van der Waals surface area contributed by atoms with Gasteiger partial charge < -0.3 is 36.2 Å².